The van der Waals surface area contributed by atoms with E-state index in [2.05, 4.69) is 48.5 Å². The summed E-state index contributed by atoms with van der Waals surface area (Å²) in [5.74, 6) is 1.19. The third-order valence-corrected chi connectivity index (χ3v) is 8.56. The molecule has 0 heterocycles. The standard InChI is InChI=1S/C29H38O4/c30-17-19-32-23-13-9-21(10-14-23)29(22-11-15-24(16-12-22)33-20-18-31)27-7-3-1-5-25(27)26-6-2-4-8-28(26)29/h1-8,21-24,30-31H,9-20H2. The van der Waals surface area contributed by atoms with Gasteiger partial charge < -0.3 is 19.7 Å². The monoisotopic (exact) mass is 450 g/mol. The van der Waals surface area contributed by atoms with Crippen molar-refractivity contribution < 1.29 is 19.7 Å². The fourth-order valence-corrected chi connectivity index (χ4v) is 7.32. The SMILES string of the molecule is OCCOC1CCC(C2(C3CCC(OCCO)CC3)c3ccccc3-c3ccccc32)CC1. The summed E-state index contributed by atoms with van der Waals surface area (Å²) in [4.78, 5) is 0. The molecule has 4 nitrogen and oxygen atoms in total. The molecule has 2 aromatic rings. The van der Waals surface area contributed by atoms with Gasteiger partial charge in [-0.3, -0.25) is 0 Å². The molecule has 0 saturated heterocycles. The Balaban J connectivity index is 1.50. The van der Waals surface area contributed by atoms with Gasteiger partial charge >= 0.3 is 0 Å². The largest absolute Gasteiger partial charge is 0.394 e. The van der Waals surface area contributed by atoms with Crippen molar-refractivity contribution >= 4 is 0 Å². The highest BCUT2D eigenvalue weighted by atomic mass is 16.5. The van der Waals surface area contributed by atoms with Gasteiger partial charge in [-0.15, -0.1) is 0 Å². The minimum atomic E-state index is 0.0527. The van der Waals surface area contributed by atoms with Gasteiger partial charge in [0.05, 0.1) is 38.6 Å². The van der Waals surface area contributed by atoms with Crippen LogP contribution in [0.3, 0.4) is 0 Å². The fraction of sp³-hybridized carbons (Fsp3) is 0.586. The molecule has 0 spiro atoms. The van der Waals surface area contributed by atoms with Crippen LogP contribution in [0.4, 0.5) is 0 Å². The van der Waals surface area contributed by atoms with Crippen molar-refractivity contribution in [2.75, 3.05) is 26.4 Å². The van der Waals surface area contributed by atoms with Gasteiger partial charge in [0.2, 0.25) is 0 Å². The molecule has 178 valence electrons. The van der Waals surface area contributed by atoms with E-state index in [9.17, 15) is 10.2 Å². The van der Waals surface area contributed by atoms with Gasteiger partial charge in [0.25, 0.3) is 0 Å². The van der Waals surface area contributed by atoms with Crippen LogP contribution in [0, 0.1) is 11.8 Å². The van der Waals surface area contributed by atoms with Crippen molar-refractivity contribution in [3.05, 3.63) is 59.7 Å². The fourth-order valence-electron chi connectivity index (χ4n) is 7.32. The first-order valence-corrected chi connectivity index (χ1v) is 12.9. The highest BCUT2D eigenvalue weighted by Gasteiger charge is 2.54. The van der Waals surface area contributed by atoms with Crippen LogP contribution in [0.5, 0.6) is 0 Å². The normalized spacial score (nSPS) is 28.3. The van der Waals surface area contributed by atoms with Crippen LogP contribution in [-0.4, -0.2) is 48.8 Å². The maximum absolute atomic E-state index is 9.18. The second-order valence-corrected chi connectivity index (χ2v) is 10.1. The van der Waals surface area contributed by atoms with E-state index in [0.717, 1.165) is 25.7 Å². The molecule has 3 aliphatic carbocycles. The van der Waals surface area contributed by atoms with Gasteiger partial charge in [0.1, 0.15) is 0 Å². The molecule has 0 amide bonds. The highest BCUT2D eigenvalue weighted by molar-refractivity contribution is 5.81. The summed E-state index contributed by atoms with van der Waals surface area (Å²) in [5, 5.41) is 18.4. The molecule has 0 aromatic heterocycles. The van der Waals surface area contributed by atoms with E-state index in [1.807, 2.05) is 0 Å². The van der Waals surface area contributed by atoms with Crippen molar-refractivity contribution in [1.82, 2.24) is 0 Å². The van der Waals surface area contributed by atoms with E-state index in [4.69, 9.17) is 9.47 Å². The molecule has 0 bridgehead atoms. The minimum Gasteiger partial charge on any atom is -0.394 e. The smallest absolute Gasteiger partial charge is 0.0701 e. The van der Waals surface area contributed by atoms with Gasteiger partial charge in [-0.05, 0) is 85.5 Å². The molecule has 5 rings (SSSR count). The third kappa shape index (κ3) is 4.16. The lowest BCUT2D eigenvalue weighted by Gasteiger charge is -2.50. The number of ether oxygens (including phenoxy) is 2. The van der Waals surface area contributed by atoms with Gasteiger partial charge in [-0.25, -0.2) is 0 Å². The van der Waals surface area contributed by atoms with E-state index >= 15 is 0 Å². The zero-order chi connectivity index (χ0) is 22.7. The highest BCUT2D eigenvalue weighted by Crippen LogP contribution is 2.61. The molecule has 0 aliphatic heterocycles. The van der Waals surface area contributed by atoms with Crippen LogP contribution >= 0.6 is 0 Å². The zero-order valence-corrected chi connectivity index (χ0v) is 19.6. The maximum atomic E-state index is 9.18. The summed E-state index contributed by atoms with van der Waals surface area (Å²) in [6.07, 6.45) is 9.52. The quantitative estimate of drug-likeness (QED) is 0.588. The number of fused-ring (bicyclic) bond motifs is 3. The third-order valence-electron chi connectivity index (χ3n) is 8.56. The number of benzene rings is 2. The van der Waals surface area contributed by atoms with Crippen LogP contribution in [0.2, 0.25) is 0 Å². The van der Waals surface area contributed by atoms with Gasteiger partial charge in [-0.2, -0.15) is 0 Å². The molecule has 2 saturated carbocycles. The summed E-state index contributed by atoms with van der Waals surface area (Å²) in [7, 11) is 0. The zero-order valence-electron chi connectivity index (χ0n) is 19.6. The predicted molar refractivity (Wildman–Crippen MR) is 130 cm³/mol. The molecule has 0 unspecified atom stereocenters. The Kier molecular flexibility index (Phi) is 7.17. The Labute approximate surface area is 197 Å². The lowest BCUT2D eigenvalue weighted by molar-refractivity contribution is -0.0244. The molecule has 3 aliphatic rings. The van der Waals surface area contributed by atoms with Crippen molar-refractivity contribution in [3.8, 4) is 11.1 Å². The van der Waals surface area contributed by atoms with Crippen LogP contribution in [0.25, 0.3) is 11.1 Å². The Hall–Kier alpha value is -1.72. The molecule has 2 N–H and O–H groups in total. The number of aliphatic hydroxyl groups excluding tert-OH is 2. The topological polar surface area (TPSA) is 58.9 Å². The van der Waals surface area contributed by atoms with Gasteiger partial charge in [0.15, 0.2) is 0 Å². The lowest BCUT2D eigenvalue weighted by Crippen LogP contribution is -2.46. The lowest BCUT2D eigenvalue weighted by atomic mass is 9.54. The first-order valence-electron chi connectivity index (χ1n) is 12.9. The number of hydrogen-bond acceptors (Lipinski definition) is 4. The maximum Gasteiger partial charge on any atom is 0.0701 e. The Morgan fingerprint density at radius 2 is 1.00 bits per heavy atom. The summed E-state index contributed by atoms with van der Waals surface area (Å²) >= 11 is 0. The number of hydrogen-bond donors (Lipinski definition) is 2. The second kappa shape index (κ2) is 10.3. The van der Waals surface area contributed by atoms with Gasteiger partial charge in [-0.1, -0.05) is 48.5 Å². The predicted octanol–water partition coefficient (Wildman–Crippen LogP) is 5.09. The van der Waals surface area contributed by atoms with Crippen LogP contribution < -0.4 is 0 Å². The molecular formula is C29H38O4. The van der Waals surface area contributed by atoms with E-state index in [-0.39, 0.29) is 30.8 Å². The number of aliphatic hydroxyl groups is 2. The van der Waals surface area contributed by atoms with Crippen LogP contribution in [0.15, 0.2) is 48.5 Å². The first kappa shape index (κ1) is 23.0. The first-order chi connectivity index (χ1) is 16.3. The van der Waals surface area contributed by atoms with Gasteiger partial charge in [0, 0.05) is 5.41 Å². The minimum absolute atomic E-state index is 0.0527. The average molecular weight is 451 g/mol. The molecule has 0 atom stereocenters. The number of rotatable bonds is 8. The Morgan fingerprint density at radius 1 is 0.606 bits per heavy atom. The van der Waals surface area contributed by atoms with Crippen molar-refractivity contribution in [3.63, 3.8) is 0 Å². The van der Waals surface area contributed by atoms with E-state index in [1.54, 1.807) is 0 Å². The summed E-state index contributed by atoms with van der Waals surface area (Å²) in [6, 6.07) is 18.3. The molecular weight excluding hydrogens is 412 g/mol. The molecule has 2 aromatic carbocycles. The molecule has 4 heteroatoms. The Bertz CT molecular complexity index is 834. The summed E-state index contributed by atoms with van der Waals surface area (Å²) < 4.78 is 11.9. The Morgan fingerprint density at radius 3 is 1.39 bits per heavy atom. The van der Waals surface area contributed by atoms with Crippen molar-refractivity contribution in [2.24, 2.45) is 11.8 Å². The van der Waals surface area contributed by atoms with Crippen LogP contribution in [0.1, 0.15) is 62.5 Å². The molecule has 2 fully saturated rings. The summed E-state index contributed by atoms with van der Waals surface area (Å²) in [6.45, 7) is 1.10. The van der Waals surface area contributed by atoms with E-state index in [1.165, 1.54) is 47.9 Å². The average Bonchev–Trinajstić information content (AvgIpc) is 3.18. The van der Waals surface area contributed by atoms with Crippen molar-refractivity contribution in [2.45, 2.75) is 69.0 Å². The molecule has 33 heavy (non-hydrogen) atoms. The second-order valence-electron chi connectivity index (χ2n) is 10.1. The van der Waals surface area contributed by atoms with Crippen LogP contribution in [-0.2, 0) is 14.9 Å². The molecule has 0 radical (unpaired) electrons. The summed E-state index contributed by atoms with van der Waals surface area (Å²) in [5.41, 5.74) is 5.96. The van der Waals surface area contributed by atoms with E-state index in [0.29, 0.717) is 25.0 Å². The van der Waals surface area contributed by atoms with E-state index < -0.39 is 0 Å². The van der Waals surface area contributed by atoms with Crippen molar-refractivity contribution in [1.29, 1.82) is 0 Å².